The number of benzene rings is 2. The average Bonchev–Trinajstić information content (AvgIpc) is 2.90. The van der Waals surface area contributed by atoms with E-state index >= 15 is 0 Å². The van der Waals surface area contributed by atoms with Crippen LogP contribution in [0.2, 0.25) is 0 Å². The molecule has 0 bridgehead atoms. The summed E-state index contributed by atoms with van der Waals surface area (Å²) in [4.78, 5) is 2.56. The van der Waals surface area contributed by atoms with Crippen molar-refractivity contribution in [3.8, 4) is 6.07 Å². The number of hydrogen-bond donors (Lipinski definition) is 0. The van der Waals surface area contributed by atoms with Gasteiger partial charge in [0.1, 0.15) is 0 Å². The van der Waals surface area contributed by atoms with Crippen LogP contribution < -0.4 is 0 Å². The Labute approximate surface area is 155 Å². The third-order valence-corrected chi connectivity index (χ3v) is 6.61. The summed E-state index contributed by atoms with van der Waals surface area (Å²) in [5, 5.41) is 8.87. The Balaban J connectivity index is 1.67. The average molecular weight is 369 g/mol. The molecule has 1 aliphatic heterocycles. The van der Waals surface area contributed by atoms with Crippen LogP contribution >= 0.6 is 0 Å². The highest BCUT2D eigenvalue weighted by Crippen LogP contribution is 2.19. The standard InChI is InChI=1S/C20H23N3O2S/c1-17-3-5-19(6-4-17)16-22-11-2-12-23(14-13-22)26(24,25)20-9-7-18(15-21)8-10-20/h3-10H,2,11-14,16H2,1H3. The molecular weight excluding hydrogens is 346 g/mol. The summed E-state index contributed by atoms with van der Waals surface area (Å²) in [7, 11) is -3.51. The highest BCUT2D eigenvalue weighted by atomic mass is 32.2. The molecule has 26 heavy (non-hydrogen) atoms. The quantitative estimate of drug-likeness (QED) is 0.831. The maximum atomic E-state index is 12.9. The Hall–Kier alpha value is -2.20. The highest BCUT2D eigenvalue weighted by molar-refractivity contribution is 7.89. The predicted octanol–water partition coefficient (Wildman–Crippen LogP) is 2.76. The van der Waals surface area contributed by atoms with Crippen molar-refractivity contribution < 1.29 is 8.42 Å². The second-order valence-electron chi connectivity index (χ2n) is 6.66. The molecule has 0 atom stereocenters. The molecule has 3 rings (SSSR count). The lowest BCUT2D eigenvalue weighted by atomic mass is 10.1. The van der Waals surface area contributed by atoms with E-state index in [1.807, 2.05) is 6.07 Å². The lowest BCUT2D eigenvalue weighted by molar-refractivity contribution is 0.278. The molecule has 0 aliphatic carbocycles. The number of nitrogens with zero attached hydrogens (tertiary/aromatic N) is 3. The minimum Gasteiger partial charge on any atom is -0.298 e. The Morgan fingerprint density at radius 2 is 1.65 bits per heavy atom. The molecule has 5 nitrogen and oxygen atoms in total. The molecule has 0 spiro atoms. The van der Waals surface area contributed by atoms with Gasteiger partial charge < -0.3 is 0 Å². The van der Waals surface area contributed by atoms with Crippen molar-refractivity contribution in [2.45, 2.75) is 24.8 Å². The fourth-order valence-corrected chi connectivity index (χ4v) is 4.62. The van der Waals surface area contributed by atoms with Crippen LogP contribution in [0.3, 0.4) is 0 Å². The van der Waals surface area contributed by atoms with Crippen LogP contribution in [-0.2, 0) is 16.6 Å². The zero-order chi connectivity index (χ0) is 18.6. The maximum Gasteiger partial charge on any atom is 0.243 e. The fraction of sp³-hybridized carbons (Fsp3) is 0.350. The number of hydrogen-bond acceptors (Lipinski definition) is 4. The van der Waals surface area contributed by atoms with Gasteiger partial charge in [0.05, 0.1) is 16.5 Å². The van der Waals surface area contributed by atoms with Gasteiger partial charge in [-0.15, -0.1) is 0 Å². The van der Waals surface area contributed by atoms with E-state index < -0.39 is 10.0 Å². The van der Waals surface area contributed by atoms with Gasteiger partial charge in [-0.2, -0.15) is 9.57 Å². The smallest absolute Gasteiger partial charge is 0.243 e. The van der Waals surface area contributed by atoms with Crippen molar-refractivity contribution in [3.05, 3.63) is 65.2 Å². The van der Waals surface area contributed by atoms with Gasteiger partial charge in [0.2, 0.25) is 10.0 Å². The van der Waals surface area contributed by atoms with Crippen molar-refractivity contribution in [1.82, 2.24) is 9.21 Å². The molecule has 0 radical (unpaired) electrons. The molecule has 0 unspecified atom stereocenters. The number of aryl methyl sites for hydroxylation is 1. The van der Waals surface area contributed by atoms with Crippen LogP contribution in [0.15, 0.2) is 53.4 Å². The highest BCUT2D eigenvalue weighted by Gasteiger charge is 2.26. The van der Waals surface area contributed by atoms with Crippen molar-refractivity contribution in [1.29, 1.82) is 5.26 Å². The third-order valence-electron chi connectivity index (χ3n) is 4.70. The van der Waals surface area contributed by atoms with E-state index in [9.17, 15) is 8.42 Å². The van der Waals surface area contributed by atoms with E-state index in [1.54, 1.807) is 16.4 Å². The molecule has 1 heterocycles. The van der Waals surface area contributed by atoms with E-state index in [-0.39, 0.29) is 4.90 Å². The van der Waals surface area contributed by atoms with Gasteiger partial charge in [0.25, 0.3) is 0 Å². The van der Waals surface area contributed by atoms with Gasteiger partial charge in [-0.05, 0) is 49.7 Å². The first-order chi connectivity index (χ1) is 12.5. The van der Waals surface area contributed by atoms with Gasteiger partial charge in [0, 0.05) is 26.2 Å². The Morgan fingerprint density at radius 1 is 0.962 bits per heavy atom. The van der Waals surface area contributed by atoms with Crippen molar-refractivity contribution in [2.75, 3.05) is 26.2 Å². The number of sulfonamides is 1. The molecule has 1 aliphatic rings. The van der Waals surface area contributed by atoms with E-state index in [0.29, 0.717) is 25.2 Å². The molecule has 0 aromatic heterocycles. The zero-order valence-corrected chi connectivity index (χ0v) is 15.7. The summed E-state index contributed by atoms with van der Waals surface area (Å²) in [6.07, 6.45) is 0.807. The van der Waals surface area contributed by atoms with Crippen molar-refractivity contribution in [3.63, 3.8) is 0 Å². The third kappa shape index (κ3) is 4.31. The maximum absolute atomic E-state index is 12.9. The second kappa shape index (κ2) is 8.00. The first-order valence-corrected chi connectivity index (χ1v) is 10.2. The summed E-state index contributed by atoms with van der Waals surface area (Å²) in [6, 6.07) is 16.6. The van der Waals surface area contributed by atoms with Gasteiger partial charge in [0.15, 0.2) is 0 Å². The number of nitriles is 1. The van der Waals surface area contributed by atoms with E-state index in [1.165, 1.54) is 23.3 Å². The van der Waals surface area contributed by atoms with Gasteiger partial charge in [-0.3, -0.25) is 4.90 Å². The van der Waals surface area contributed by atoms with Crippen molar-refractivity contribution >= 4 is 10.0 Å². The Morgan fingerprint density at radius 3 is 2.31 bits per heavy atom. The number of rotatable bonds is 4. The molecule has 0 N–H and O–H groups in total. The molecule has 0 saturated carbocycles. The fourth-order valence-electron chi connectivity index (χ4n) is 3.15. The van der Waals surface area contributed by atoms with Gasteiger partial charge >= 0.3 is 0 Å². The molecule has 1 fully saturated rings. The molecule has 6 heteroatoms. The molecule has 136 valence electrons. The molecule has 2 aromatic rings. The first kappa shape index (κ1) is 18.6. The summed E-state index contributed by atoms with van der Waals surface area (Å²) in [6.45, 7) is 5.50. The topological polar surface area (TPSA) is 64.4 Å². The molecule has 0 amide bonds. The largest absolute Gasteiger partial charge is 0.298 e. The minimum atomic E-state index is -3.51. The van der Waals surface area contributed by atoms with E-state index in [2.05, 4.69) is 36.1 Å². The van der Waals surface area contributed by atoms with Crippen LogP contribution in [0.4, 0.5) is 0 Å². The van der Waals surface area contributed by atoms with Crippen LogP contribution in [0.1, 0.15) is 23.1 Å². The zero-order valence-electron chi connectivity index (χ0n) is 14.9. The van der Waals surface area contributed by atoms with Crippen LogP contribution in [0.25, 0.3) is 0 Å². The summed E-state index contributed by atoms with van der Waals surface area (Å²) < 4.78 is 27.3. The molecule has 1 saturated heterocycles. The van der Waals surface area contributed by atoms with Crippen LogP contribution in [0.5, 0.6) is 0 Å². The van der Waals surface area contributed by atoms with Crippen molar-refractivity contribution in [2.24, 2.45) is 0 Å². The second-order valence-corrected chi connectivity index (χ2v) is 8.59. The first-order valence-electron chi connectivity index (χ1n) is 8.77. The van der Waals surface area contributed by atoms with Gasteiger partial charge in [-0.25, -0.2) is 8.42 Å². The summed E-state index contributed by atoms with van der Waals surface area (Å²) >= 11 is 0. The van der Waals surface area contributed by atoms with Gasteiger partial charge in [-0.1, -0.05) is 29.8 Å². The normalized spacial score (nSPS) is 16.8. The minimum absolute atomic E-state index is 0.253. The van der Waals surface area contributed by atoms with Crippen LogP contribution in [0, 0.1) is 18.3 Å². The molecular formula is C20H23N3O2S. The lowest BCUT2D eigenvalue weighted by Gasteiger charge is -2.22. The predicted molar refractivity (Wildman–Crippen MR) is 101 cm³/mol. The monoisotopic (exact) mass is 369 g/mol. The summed E-state index contributed by atoms with van der Waals surface area (Å²) in [5.74, 6) is 0. The van der Waals surface area contributed by atoms with E-state index in [4.69, 9.17) is 5.26 Å². The van der Waals surface area contributed by atoms with E-state index in [0.717, 1.165) is 19.5 Å². The summed E-state index contributed by atoms with van der Waals surface area (Å²) in [5.41, 5.74) is 2.95. The van der Waals surface area contributed by atoms with Crippen LogP contribution in [-0.4, -0.2) is 43.8 Å². The lowest BCUT2D eigenvalue weighted by Crippen LogP contribution is -2.35. The Bertz CT molecular complexity index is 884. The Kier molecular flexibility index (Phi) is 5.72. The molecule has 2 aromatic carbocycles. The SMILES string of the molecule is Cc1ccc(CN2CCCN(S(=O)(=O)c3ccc(C#N)cc3)CC2)cc1.